The largest absolute Gasteiger partial charge is 0.493 e. The van der Waals surface area contributed by atoms with Gasteiger partial charge < -0.3 is 29.9 Å². The number of likely N-dealkylation sites (N-methyl/N-ethyl adjacent to an activating group) is 2. The molecule has 4 rings (SSSR count). The number of halogens is 1. The molecule has 1 amide bonds. The fourth-order valence-corrected chi connectivity index (χ4v) is 4.48. The maximum Gasteiger partial charge on any atom is 0.246 e. The van der Waals surface area contributed by atoms with Crippen molar-refractivity contribution in [2.45, 2.75) is 26.8 Å². The van der Waals surface area contributed by atoms with Gasteiger partial charge in [0.15, 0.2) is 11.5 Å². The molecular formula is C30H39FN8O3. The fraction of sp³-hybridized carbons (Fsp3) is 0.400. The lowest BCUT2D eigenvalue weighted by molar-refractivity contribution is -0.116. The normalized spacial score (nSPS) is 11.3. The minimum atomic E-state index is -0.421. The molecule has 2 aromatic carbocycles. The molecule has 0 aliphatic carbocycles. The highest BCUT2D eigenvalue weighted by molar-refractivity contribution is 5.93. The Morgan fingerprint density at radius 1 is 1.05 bits per heavy atom. The summed E-state index contributed by atoms with van der Waals surface area (Å²) in [7, 11) is 3.74. The first-order valence-electron chi connectivity index (χ1n) is 14.1. The number of carbonyl (C=O) groups is 1. The van der Waals surface area contributed by atoms with Crippen LogP contribution in [0.3, 0.4) is 0 Å². The Hall–Kier alpha value is -4.29. The zero-order chi connectivity index (χ0) is 29.9. The summed E-state index contributed by atoms with van der Waals surface area (Å²) in [5, 5.41) is 10.9. The summed E-state index contributed by atoms with van der Waals surface area (Å²) in [6, 6.07) is 9.43. The van der Waals surface area contributed by atoms with Gasteiger partial charge in [-0.2, -0.15) is 5.10 Å². The lowest BCUT2D eigenvalue weighted by Gasteiger charge is -2.23. The molecule has 2 heterocycles. The Labute approximate surface area is 245 Å². The molecule has 224 valence electrons. The number of benzene rings is 2. The number of amides is 1. The SMILES string of the molecule is CCN(CC)CCN(C)CCCOc1cc2ncnc(Nc3cnn(CC(=O)Nc4cccc(F)c4)c3)c2cc1OC. The summed E-state index contributed by atoms with van der Waals surface area (Å²) in [6.45, 7) is 10.0. The molecule has 2 N–H and O–H groups in total. The van der Waals surface area contributed by atoms with Crippen molar-refractivity contribution in [2.24, 2.45) is 0 Å². The van der Waals surface area contributed by atoms with Crippen LogP contribution in [0, 0.1) is 5.82 Å². The number of methoxy groups -OCH3 is 1. The van der Waals surface area contributed by atoms with Crippen molar-refractivity contribution in [3.8, 4) is 11.5 Å². The average molecular weight is 579 g/mol. The number of nitrogens with zero attached hydrogens (tertiary/aromatic N) is 6. The van der Waals surface area contributed by atoms with Crippen molar-refractivity contribution in [1.82, 2.24) is 29.5 Å². The Kier molecular flexibility index (Phi) is 11.0. The zero-order valence-electron chi connectivity index (χ0n) is 24.6. The molecule has 0 fully saturated rings. The van der Waals surface area contributed by atoms with Crippen molar-refractivity contribution >= 4 is 34.0 Å². The third-order valence-electron chi connectivity index (χ3n) is 6.86. The second kappa shape index (κ2) is 15.1. The van der Waals surface area contributed by atoms with Gasteiger partial charge in [0.1, 0.15) is 24.5 Å². The number of hydrogen-bond donors (Lipinski definition) is 2. The van der Waals surface area contributed by atoms with Crippen LogP contribution >= 0.6 is 0 Å². The smallest absolute Gasteiger partial charge is 0.246 e. The predicted octanol–water partition coefficient (Wildman–Crippen LogP) is 4.40. The Balaban J connectivity index is 1.35. The number of ether oxygens (including phenoxy) is 2. The van der Waals surface area contributed by atoms with E-state index in [1.54, 1.807) is 25.6 Å². The van der Waals surface area contributed by atoms with Crippen LogP contribution in [-0.2, 0) is 11.3 Å². The number of anilines is 3. The van der Waals surface area contributed by atoms with Gasteiger partial charge in [-0.15, -0.1) is 0 Å². The summed E-state index contributed by atoms with van der Waals surface area (Å²) in [5.41, 5.74) is 1.72. The minimum absolute atomic E-state index is 0.0387. The Morgan fingerprint density at radius 2 is 1.88 bits per heavy atom. The highest BCUT2D eigenvalue weighted by Crippen LogP contribution is 2.34. The number of hydrogen-bond acceptors (Lipinski definition) is 9. The third-order valence-corrected chi connectivity index (χ3v) is 6.86. The molecule has 2 aromatic heterocycles. The Morgan fingerprint density at radius 3 is 2.64 bits per heavy atom. The lowest BCUT2D eigenvalue weighted by atomic mass is 10.2. The molecule has 11 nitrogen and oxygen atoms in total. The zero-order valence-corrected chi connectivity index (χ0v) is 24.6. The molecule has 0 saturated heterocycles. The molecule has 0 bridgehead atoms. The van der Waals surface area contributed by atoms with Gasteiger partial charge in [0.05, 0.1) is 31.1 Å². The predicted molar refractivity (Wildman–Crippen MR) is 162 cm³/mol. The van der Waals surface area contributed by atoms with Crippen molar-refractivity contribution in [2.75, 3.05) is 64.1 Å². The van der Waals surface area contributed by atoms with Gasteiger partial charge in [-0.05, 0) is 50.8 Å². The number of aromatic nitrogens is 4. The van der Waals surface area contributed by atoms with Gasteiger partial charge in [0.2, 0.25) is 5.91 Å². The quantitative estimate of drug-likeness (QED) is 0.187. The van der Waals surface area contributed by atoms with E-state index in [2.05, 4.69) is 56.4 Å². The summed E-state index contributed by atoms with van der Waals surface area (Å²) < 4.78 is 26.6. The first-order chi connectivity index (χ1) is 20.4. The van der Waals surface area contributed by atoms with E-state index in [1.807, 2.05) is 12.1 Å². The molecule has 4 aromatic rings. The molecule has 42 heavy (non-hydrogen) atoms. The van der Waals surface area contributed by atoms with Gasteiger partial charge in [0.25, 0.3) is 0 Å². The first kappa shape index (κ1) is 30.7. The second-order valence-electron chi connectivity index (χ2n) is 9.88. The number of fused-ring (bicyclic) bond motifs is 1. The average Bonchev–Trinajstić information content (AvgIpc) is 3.41. The van der Waals surface area contributed by atoms with Crippen LogP contribution < -0.4 is 20.1 Å². The van der Waals surface area contributed by atoms with Crippen molar-refractivity contribution in [1.29, 1.82) is 0 Å². The lowest BCUT2D eigenvalue weighted by Crippen LogP contribution is -2.33. The van der Waals surface area contributed by atoms with E-state index in [0.717, 1.165) is 44.5 Å². The Bertz CT molecular complexity index is 1460. The summed E-state index contributed by atoms with van der Waals surface area (Å²) in [5.74, 6) is 1.02. The van der Waals surface area contributed by atoms with Gasteiger partial charge in [0, 0.05) is 43.0 Å². The van der Waals surface area contributed by atoms with E-state index in [4.69, 9.17) is 9.47 Å². The maximum absolute atomic E-state index is 13.4. The highest BCUT2D eigenvalue weighted by atomic mass is 19.1. The summed E-state index contributed by atoms with van der Waals surface area (Å²) >= 11 is 0. The van der Waals surface area contributed by atoms with E-state index in [9.17, 15) is 9.18 Å². The third kappa shape index (κ3) is 8.60. The molecule has 0 spiro atoms. The molecule has 0 aliphatic rings. The molecule has 0 unspecified atom stereocenters. The topological polar surface area (TPSA) is 110 Å². The maximum atomic E-state index is 13.4. The molecular weight excluding hydrogens is 539 g/mol. The monoisotopic (exact) mass is 578 g/mol. The summed E-state index contributed by atoms with van der Waals surface area (Å²) in [4.78, 5) is 25.9. The van der Waals surface area contributed by atoms with E-state index < -0.39 is 5.82 Å². The van der Waals surface area contributed by atoms with Crippen molar-refractivity contribution in [3.63, 3.8) is 0 Å². The number of rotatable bonds is 16. The molecule has 0 atom stereocenters. The van der Waals surface area contributed by atoms with E-state index >= 15 is 0 Å². The van der Waals surface area contributed by atoms with Crippen LogP contribution in [-0.4, -0.2) is 88.9 Å². The highest BCUT2D eigenvalue weighted by Gasteiger charge is 2.13. The van der Waals surface area contributed by atoms with Crippen molar-refractivity contribution < 1.29 is 18.7 Å². The minimum Gasteiger partial charge on any atom is -0.493 e. The van der Waals surface area contributed by atoms with Crippen LogP contribution in [0.5, 0.6) is 11.5 Å². The van der Waals surface area contributed by atoms with Crippen LogP contribution in [0.2, 0.25) is 0 Å². The van der Waals surface area contributed by atoms with E-state index in [-0.39, 0.29) is 12.5 Å². The molecule has 12 heteroatoms. The summed E-state index contributed by atoms with van der Waals surface area (Å²) in [6.07, 6.45) is 5.64. The van der Waals surface area contributed by atoms with Gasteiger partial charge in [-0.1, -0.05) is 19.9 Å². The molecule has 0 radical (unpaired) electrons. The number of nitrogens with one attached hydrogen (secondary N) is 2. The van der Waals surface area contributed by atoms with Gasteiger partial charge in [-0.3, -0.25) is 9.48 Å². The van der Waals surface area contributed by atoms with Crippen LogP contribution in [0.4, 0.5) is 21.6 Å². The first-order valence-corrected chi connectivity index (χ1v) is 14.1. The standard InChI is InChI=1S/C30H39FN8O3/c1-5-38(6-2)13-12-37(3)11-8-14-42-28-17-26-25(16-27(28)41-4)30(33-21-32-26)36-24-18-34-39(19-24)20-29(40)35-23-10-7-9-22(31)15-23/h7,9-10,15-19,21H,5-6,8,11-14,20H2,1-4H3,(H,35,40)(H,32,33,36). The van der Waals surface area contributed by atoms with Crippen LogP contribution in [0.25, 0.3) is 10.9 Å². The molecule has 0 aliphatic heterocycles. The van der Waals surface area contributed by atoms with Crippen molar-refractivity contribution in [3.05, 3.63) is 60.9 Å². The van der Waals surface area contributed by atoms with E-state index in [0.29, 0.717) is 40.8 Å². The second-order valence-corrected chi connectivity index (χ2v) is 9.88. The van der Waals surface area contributed by atoms with Gasteiger partial charge >= 0.3 is 0 Å². The van der Waals surface area contributed by atoms with Crippen LogP contribution in [0.1, 0.15) is 20.3 Å². The van der Waals surface area contributed by atoms with E-state index in [1.165, 1.54) is 29.2 Å². The van der Waals surface area contributed by atoms with Crippen LogP contribution in [0.15, 0.2) is 55.1 Å². The molecule has 0 saturated carbocycles. The van der Waals surface area contributed by atoms with Gasteiger partial charge in [-0.25, -0.2) is 14.4 Å². The number of carbonyl (C=O) groups excluding carboxylic acids is 1. The fourth-order valence-electron chi connectivity index (χ4n) is 4.48.